The summed E-state index contributed by atoms with van der Waals surface area (Å²) in [7, 11) is 0. The van der Waals surface area contributed by atoms with Gasteiger partial charge >= 0.3 is 0 Å². The van der Waals surface area contributed by atoms with E-state index < -0.39 is 0 Å². The van der Waals surface area contributed by atoms with Crippen LogP contribution in [0.3, 0.4) is 0 Å². The van der Waals surface area contributed by atoms with E-state index in [2.05, 4.69) is 42.6 Å². The minimum atomic E-state index is 0.453. The van der Waals surface area contributed by atoms with Crippen molar-refractivity contribution in [2.75, 3.05) is 6.54 Å². The van der Waals surface area contributed by atoms with Crippen molar-refractivity contribution in [3.63, 3.8) is 0 Å². The maximum absolute atomic E-state index is 3.95. The van der Waals surface area contributed by atoms with E-state index >= 15 is 0 Å². The third-order valence-corrected chi connectivity index (χ3v) is 2.65. The molecule has 0 fully saturated rings. The molecule has 2 heteroatoms. The van der Waals surface area contributed by atoms with Gasteiger partial charge in [-0.2, -0.15) is 11.3 Å². The Labute approximate surface area is 84.5 Å². The van der Waals surface area contributed by atoms with Crippen molar-refractivity contribution >= 4 is 11.3 Å². The molecule has 0 spiro atoms. The SMILES string of the molecule is C=C(C)CC(NCC)c1ccsc1. The lowest BCUT2D eigenvalue weighted by Crippen LogP contribution is -2.20. The third kappa shape index (κ3) is 3.33. The fourth-order valence-corrected chi connectivity index (χ4v) is 2.09. The molecule has 1 unspecified atom stereocenters. The first-order valence-electron chi connectivity index (χ1n) is 4.64. The first kappa shape index (κ1) is 10.5. The molecule has 1 aromatic rings. The molecule has 0 bridgehead atoms. The largest absolute Gasteiger partial charge is 0.310 e. The molecule has 1 rings (SSSR count). The molecular weight excluding hydrogens is 178 g/mol. The maximum atomic E-state index is 3.95. The summed E-state index contributed by atoms with van der Waals surface area (Å²) < 4.78 is 0. The zero-order valence-electron chi connectivity index (χ0n) is 8.34. The molecule has 1 aromatic heterocycles. The lowest BCUT2D eigenvalue weighted by molar-refractivity contribution is 0.550. The van der Waals surface area contributed by atoms with Crippen LogP contribution in [0.2, 0.25) is 0 Å². The Morgan fingerprint density at radius 3 is 2.92 bits per heavy atom. The van der Waals surface area contributed by atoms with Crippen molar-refractivity contribution in [1.29, 1.82) is 0 Å². The van der Waals surface area contributed by atoms with E-state index in [1.54, 1.807) is 11.3 Å². The normalized spacial score (nSPS) is 12.8. The molecule has 0 amide bonds. The molecule has 0 aliphatic rings. The summed E-state index contributed by atoms with van der Waals surface area (Å²) in [4.78, 5) is 0. The van der Waals surface area contributed by atoms with Crippen LogP contribution in [0.15, 0.2) is 29.0 Å². The Kier molecular flexibility index (Phi) is 4.19. The van der Waals surface area contributed by atoms with Crippen molar-refractivity contribution in [1.82, 2.24) is 5.32 Å². The lowest BCUT2D eigenvalue weighted by atomic mass is 10.0. The van der Waals surface area contributed by atoms with Gasteiger partial charge in [0.2, 0.25) is 0 Å². The highest BCUT2D eigenvalue weighted by Crippen LogP contribution is 2.22. The van der Waals surface area contributed by atoms with Crippen LogP contribution >= 0.6 is 11.3 Å². The average molecular weight is 195 g/mol. The topological polar surface area (TPSA) is 12.0 Å². The van der Waals surface area contributed by atoms with E-state index in [0.29, 0.717) is 6.04 Å². The smallest absolute Gasteiger partial charge is 0.0365 e. The number of hydrogen-bond acceptors (Lipinski definition) is 2. The van der Waals surface area contributed by atoms with Crippen molar-refractivity contribution in [2.24, 2.45) is 0 Å². The van der Waals surface area contributed by atoms with Gasteiger partial charge < -0.3 is 5.32 Å². The monoisotopic (exact) mass is 195 g/mol. The van der Waals surface area contributed by atoms with Gasteiger partial charge in [0.05, 0.1) is 0 Å². The van der Waals surface area contributed by atoms with Crippen LogP contribution in [0.25, 0.3) is 0 Å². The maximum Gasteiger partial charge on any atom is 0.0365 e. The summed E-state index contributed by atoms with van der Waals surface area (Å²) in [6.45, 7) is 9.17. The van der Waals surface area contributed by atoms with Crippen LogP contribution in [0.1, 0.15) is 31.9 Å². The number of rotatable bonds is 5. The zero-order valence-corrected chi connectivity index (χ0v) is 9.16. The zero-order chi connectivity index (χ0) is 9.68. The summed E-state index contributed by atoms with van der Waals surface area (Å²) in [5.41, 5.74) is 2.62. The van der Waals surface area contributed by atoms with Gasteiger partial charge in [-0.05, 0) is 42.3 Å². The Hall–Kier alpha value is -0.600. The van der Waals surface area contributed by atoms with Crippen molar-refractivity contribution < 1.29 is 0 Å². The molecule has 0 radical (unpaired) electrons. The second-order valence-electron chi connectivity index (χ2n) is 3.33. The molecule has 0 saturated heterocycles. The number of hydrogen-bond donors (Lipinski definition) is 1. The van der Waals surface area contributed by atoms with E-state index in [4.69, 9.17) is 0 Å². The number of thiophene rings is 1. The highest BCUT2D eigenvalue weighted by molar-refractivity contribution is 7.07. The summed E-state index contributed by atoms with van der Waals surface area (Å²) in [6.07, 6.45) is 1.03. The second-order valence-corrected chi connectivity index (χ2v) is 4.11. The Morgan fingerprint density at radius 2 is 2.46 bits per heavy atom. The van der Waals surface area contributed by atoms with Crippen molar-refractivity contribution in [3.8, 4) is 0 Å². The van der Waals surface area contributed by atoms with Gasteiger partial charge in [0.1, 0.15) is 0 Å². The summed E-state index contributed by atoms with van der Waals surface area (Å²) >= 11 is 1.75. The van der Waals surface area contributed by atoms with E-state index in [9.17, 15) is 0 Å². The van der Waals surface area contributed by atoms with Crippen LogP contribution in [-0.2, 0) is 0 Å². The van der Waals surface area contributed by atoms with Gasteiger partial charge in [0.25, 0.3) is 0 Å². The average Bonchev–Trinajstić information content (AvgIpc) is 2.54. The second kappa shape index (κ2) is 5.20. The molecule has 0 aromatic carbocycles. The van der Waals surface area contributed by atoms with Crippen LogP contribution in [-0.4, -0.2) is 6.54 Å². The van der Waals surface area contributed by atoms with E-state index in [1.807, 2.05) is 0 Å². The molecule has 1 nitrogen and oxygen atoms in total. The fraction of sp³-hybridized carbons (Fsp3) is 0.455. The Bertz CT molecular complexity index is 251. The van der Waals surface area contributed by atoms with Crippen LogP contribution in [0, 0.1) is 0 Å². The highest BCUT2D eigenvalue weighted by atomic mass is 32.1. The minimum Gasteiger partial charge on any atom is -0.310 e. The molecule has 0 aliphatic heterocycles. The summed E-state index contributed by atoms with van der Waals surface area (Å²) in [5, 5.41) is 7.79. The molecule has 72 valence electrons. The molecule has 1 N–H and O–H groups in total. The molecule has 13 heavy (non-hydrogen) atoms. The quantitative estimate of drug-likeness (QED) is 0.710. The lowest BCUT2D eigenvalue weighted by Gasteiger charge is -2.16. The standard InChI is InChI=1S/C11H17NS/c1-4-12-11(7-9(2)3)10-5-6-13-8-10/h5-6,8,11-12H,2,4,7H2,1,3H3. The van der Waals surface area contributed by atoms with Crippen molar-refractivity contribution in [2.45, 2.75) is 26.3 Å². The molecule has 1 atom stereocenters. The predicted molar refractivity (Wildman–Crippen MR) is 60.2 cm³/mol. The van der Waals surface area contributed by atoms with Gasteiger partial charge in [-0.15, -0.1) is 6.58 Å². The molecule has 1 heterocycles. The van der Waals surface area contributed by atoms with Crippen molar-refractivity contribution in [3.05, 3.63) is 34.5 Å². The first-order chi connectivity index (χ1) is 6.24. The predicted octanol–water partition coefficient (Wildman–Crippen LogP) is 3.36. The molecular formula is C11H17NS. The van der Waals surface area contributed by atoms with Crippen LogP contribution in [0.4, 0.5) is 0 Å². The Morgan fingerprint density at radius 1 is 1.69 bits per heavy atom. The van der Waals surface area contributed by atoms with Gasteiger partial charge in [-0.1, -0.05) is 12.5 Å². The molecule has 0 saturated carbocycles. The Balaban J connectivity index is 2.62. The fourth-order valence-electron chi connectivity index (χ4n) is 1.38. The van der Waals surface area contributed by atoms with Crippen LogP contribution in [0.5, 0.6) is 0 Å². The van der Waals surface area contributed by atoms with Gasteiger partial charge in [0.15, 0.2) is 0 Å². The van der Waals surface area contributed by atoms with Gasteiger partial charge in [-0.25, -0.2) is 0 Å². The van der Waals surface area contributed by atoms with Gasteiger partial charge in [-0.3, -0.25) is 0 Å². The van der Waals surface area contributed by atoms with Gasteiger partial charge in [0, 0.05) is 6.04 Å². The van der Waals surface area contributed by atoms with E-state index in [1.165, 1.54) is 11.1 Å². The van der Waals surface area contributed by atoms with Crippen LogP contribution < -0.4 is 5.32 Å². The minimum absolute atomic E-state index is 0.453. The summed E-state index contributed by atoms with van der Waals surface area (Å²) in [5.74, 6) is 0. The first-order valence-corrected chi connectivity index (χ1v) is 5.58. The number of nitrogens with one attached hydrogen (secondary N) is 1. The molecule has 0 aliphatic carbocycles. The highest BCUT2D eigenvalue weighted by Gasteiger charge is 2.09. The van der Waals surface area contributed by atoms with E-state index in [0.717, 1.165) is 13.0 Å². The third-order valence-electron chi connectivity index (χ3n) is 1.95. The summed E-state index contributed by atoms with van der Waals surface area (Å²) in [6, 6.07) is 2.63. The van der Waals surface area contributed by atoms with E-state index in [-0.39, 0.29) is 0 Å².